The summed E-state index contributed by atoms with van der Waals surface area (Å²) in [5, 5.41) is 3.31. The van der Waals surface area contributed by atoms with Crippen molar-refractivity contribution >= 4 is 5.97 Å². The normalized spacial score (nSPS) is 19.3. The Bertz CT molecular complexity index is 400. The highest BCUT2D eigenvalue weighted by Crippen LogP contribution is 2.22. The monoisotopic (exact) mass is 249 g/mol. The summed E-state index contributed by atoms with van der Waals surface area (Å²) in [7, 11) is 1.40. The summed E-state index contributed by atoms with van der Waals surface area (Å²) >= 11 is 0. The average molecular weight is 249 g/mol. The minimum atomic E-state index is -0.243. The van der Waals surface area contributed by atoms with E-state index >= 15 is 0 Å². The molecule has 1 aliphatic heterocycles. The van der Waals surface area contributed by atoms with Crippen LogP contribution in [0.2, 0.25) is 0 Å². The van der Waals surface area contributed by atoms with Gasteiger partial charge in [-0.25, -0.2) is 0 Å². The highest BCUT2D eigenvalue weighted by atomic mass is 16.5. The Balaban J connectivity index is 2.04. The average Bonchev–Trinajstić information content (AvgIpc) is 2.42. The summed E-state index contributed by atoms with van der Waals surface area (Å²) in [6, 6.07) is 7.64. The van der Waals surface area contributed by atoms with E-state index in [4.69, 9.17) is 9.47 Å². The number of para-hydroxylation sites is 1. The van der Waals surface area contributed by atoms with Gasteiger partial charge >= 0.3 is 5.97 Å². The van der Waals surface area contributed by atoms with Gasteiger partial charge in [0.25, 0.3) is 0 Å². The Morgan fingerprint density at radius 3 is 3.00 bits per heavy atom. The SMILES string of the molecule is COC(=O)Cc1ccccc1OC1CCCNC1. The van der Waals surface area contributed by atoms with Gasteiger partial charge in [-0.2, -0.15) is 0 Å². The zero-order valence-corrected chi connectivity index (χ0v) is 10.6. The van der Waals surface area contributed by atoms with Crippen molar-refractivity contribution in [2.45, 2.75) is 25.4 Å². The predicted molar refractivity (Wildman–Crippen MR) is 68.7 cm³/mol. The standard InChI is InChI=1S/C14H19NO3/c1-17-14(16)9-11-5-2-3-7-13(11)18-12-6-4-8-15-10-12/h2-3,5,7,12,15H,4,6,8-10H2,1H3. The fraction of sp³-hybridized carbons (Fsp3) is 0.500. The maximum atomic E-state index is 11.3. The first-order valence-electron chi connectivity index (χ1n) is 6.31. The Morgan fingerprint density at radius 1 is 1.44 bits per heavy atom. The molecular weight excluding hydrogens is 230 g/mol. The van der Waals surface area contributed by atoms with Gasteiger partial charge in [-0.1, -0.05) is 18.2 Å². The maximum absolute atomic E-state index is 11.3. The Labute approximate surface area is 107 Å². The van der Waals surface area contributed by atoms with Gasteiger partial charge < -0.3 is 14.8 Å². The van der Waals surface area contributed by atoms with E-state index in [0.29, 0.717) is 0 Å². The van der Waals surface area contributed by atoms with Gasteiger partial charge in [0.1, 0.15) is 11.9 Å². The van der Waals surface area contributed by atoms with Crippen LogP contribution in [0.1, 0.15) is 18.4 Å². The number of piperidine rings is 1. The molecule has 0 radical (unpaired) electrons. The van der Waals surface area contributed by atoms with E-state index in [2.05, 4.69) is 5.32 Å². The Hall–Kier alpha value is -1.55. The van der Waals surface area contributed by atoms with Crippen molar-refractivity contribution in [2.75, 3.05) is 20.2 Å². The predicted octanol–water partition coefficient (Wildman–Crippen LogP) is 1.53. The van der Waals surface area contributed by atoms with Crippen LogP contribution in [0.15, 0.2) is 24.3 Å². The number of ether oxygens (including phenoxy) is 2. The van der Waals surface area contributed by atoms with Gasteiger partial charge in [-0.05, 0) is 25.5 Å². The number of hydrogen-bond donors (Lipinski definition) is 1. The molecule has 1 atom stereocenters. The Morgan fingerprint density at radius 2 is 2.28 bits per heavy atom. The van der Waals surface area contributed by atoms with E-state index in [1.807, 2.05) is 24.3 Å². The number of rotatable bonds is 4. The lowest BCUT2D eigenvalue weighted by Gasteiger charge is -2.25. The third-order valence-corrected chi connectivity index (χ3v) is 3.08. The molecule has 0 saturated carbocycles. The van der Waals surface area contributed by atoms with Crippen LogP contribution in [-0.2, 0) is 16.0 Å². The third kappa shape index (κ3) is 3.47. The van der Waals surface area contributed by atoms with Crippen molar-refractivity contribution < 1.29 is 14.3 Å². The first kappa shape index (κ1) is 12.9. The van der Waals surface area contributed by atoms with Crippen LogP contribution in [0.5, 0.6) is 5.75 Å². The number of hydrogen-bond acceptors (Lipinski definition) is 4. The number of esters is 1. The molecule has 4 heteroatoms. The molecular formula is C14H19NO3. The van der Waals surface area contributed by atoms with Gasteiger partial charge in [0.15, 0.2) is 0 Å². The number of carbonyl (C=O) groups is 1. The summed E-state index contributed by atoms with van der Waals surface area (Å²) in [5.74, 6) is 0.546. The van der Waals surface area contributed by atoms with E-state index in [0.717, 1.165) is 37.2 Å². The molecule has 1 N–H and O–H groups in total. The molecule has 1 aromatic rings. The summed E-state index contributed by atoms with van der Waals surface area (Å²) in [5.41, 5.74) is 0.884. The molecule has 2 rings (SSSR count). The lowest BCUT2D eigenvalue weighted by Crippen LogP contribution is -2.37. The minimum absolute atomic E-state index is 0.192. The summed E-state index contributed by atoms with van der Waals surface area (Å²) in [6.07, 6.45) is 2.63. The lowest BCUT2D eigenvalue weighted by molar-refractivity contribution is -0.139. The summed E-state index contributed by atoms with van der Waals surface area (Å²) in [6.45, 7) is 1.93. The molecule has 0 amide bonds. The summed E-state index contributed by atoms with van der Waals surface area (Å²) in [4.78, 5) is 11.3. The van der Waals surface area contributed by atoms with Crippen molar-refractivity contribution in [3.63, 3.8) is 0 Å². The van der Waals surface area contributed by atoms with Crippen molar-refractivity contribution in [3.05, 3.63) is 29.8 Å². The fourth-order valence-corrected chi connectivity index (χ4v) is 2.09. The van der Waals surface area contributed by atoms with E-state index < -0.39 is 0 Å². The smallest absolute Gasteiger partial charge is 0.310 e. The molecule has 0 aromatic heterocycles. The molecule has 98 valence electrons. The number of benzene rings is 1. The van der Waals surface area contributed by atoms with Crippen molar-refractivity contribution in [1.29, 1.82) is 0 Å². The van der Waals surface area contributed by atoms with Crippen LogP contribution >= 0.6 is 0 Å². The van der Waals surface area contributed by atoms with Crippen molar-refractivity contribution in [2.24, 2.45) is 0 Å². The molecule has 4 nitrogen and oxygen atoms in total. The maximum Gasteiger partial charge on any atom is 0.310 e. The molecule has 0 spiro atoms. The lowest BCUT2D eigenvalue weighted by atomic mass is 10.1. The zero-order chi connectivity index (χ0) is 12.8. The van der Waals surface area contributed by atoms with E-state index in [1.54, 1.807) is 0 Å². The molecule has 1 heterocycles. The topological polar surface area (TPSA) is 47.6 Å². The Kier molecular flexibility index (Phi) is 4.59. The first-order chi connectivity index (χ1) is 8.79. The van der Waals surface area contributed by atoms with Crippen molar-refractivity contribution in [1.82, 2.24) is 5.32 Å². The fourth-order valence-electron chi connectivity index (χ4n) is 2.09. The molecule has 0 aliphatic carbocycles. The molecule has 18 heavy (non-hydrogen) atoms. The number of carbonyl (C=O) groups excluding carboxylic acids is 1. The molecule has 1 aliphatic rings. The first-order valence-corrected chi connectivity index (χ1v) is 6.31. The van der Waals surface area contributed by atoms with Gasteiger partial charge in [0.2, 0.25) is 0 Å². The zero-order valence-electron chi connectivity index (χ0n) is 10.6. The van der Waals surface area contributed by atoms with E-state index in [-0.39, 0.29) is 18.5 Å². The number of methoxy groups -OCH3 is 1. The highest BCUT2D eigenvalue weighted by Gasteiger charge is 2.16. The number of nitrogens with one attached hydrogen (secondary N) is 1. The molecule has 1 fully saturated rings. The molecule has 1 aromatic carbocycles. The van der Waals surface area contributed by atoms with Crippen LogP contribution in [0.4, 0.5) is 0 Å². The van der Waals surface area contributed by atoms with Crippen LogP contribution in [-0.4, -0.2) is 32.3 Å². The van der Waals surface area contributed by atoms with E-state index in [1.165, 1.54) is 7.11 Å². The van der Waals surface area contributed by atoms with E-state index in [9.17, 15) is 4.79 Å². The molecule has 1 saturated heterocycles. The second kappa shape index (κ2) is 6.40. The van der Waals surface area contributed by atoms with Gasteiger partial charge in [-0.15, -0.1) is 0 Å². The van der Waals surface area contributed by atoms with Gasteiger partial charge in [-0.3, -0.25) is 4.79 Å². The van der Waals surface area contributed by atoms with Crippen LogP contribution in [0, 0.1) is 0 Å². The third-order valence-electron chi connectivity index (χ3n) is 3.08. The summed E-state index contributed by atoms with van der Waals surface area (Å²) < 4.78 is 10.7. The minimum Gasteiger partial charge on any atom is -0.489 e. The quantitative estimate of drug-likeness (QED) is 0.822. The van der Waals surface area contributed by atoms with Crippen LogP contribution < -0.4 is 10.1 Å². The second-order valence-electron chi connectivity index (χ2n) is 4.45. The largest absolute Gasteiger partial charge is 0.489 e. The molecule has 0 bridgehead atoms. The van der Waals surface area contributed by atoms with Gasteiger partial charge in [0.05, 0.1) is 13.5 Å². The second-order valence-corrected chi connectivity index (χ2v) is 4.45. The molecule has 1 unspecified atom stereocenters. The van der Waals surface area contributed by atoms with Crippen LogP contribution in [0.25, 0.3) is 0 Å². The highest BCUT2D eigenvalue weighted by molar-refractivity contribution is 5.73. The van der Waals surface area contributed by atoms with Crippen molar-refractivity contribution in [3.8, 4) is 5.75 Å². The van der Waals surface area contributed by atoms with Crippen LogP contribution in [0.3, 0.4) is 0 Å². The van der Waals surface area contributed by atoms with Gasteiger partial charge in [0, 0.05) is 12.1 Å².